The normalized spacial score (nSPS) is 15.7. The first-order valence-corrected chi connectivity index (χ1v) is 7.59. The monoisotopic (exact) mass is 298 g/mol. The van der Waals surface area contributed by atoms with Gasteiger partial charge in [0.05, 0.1) is 20.3 Å². The molecule has 1 fully saturated rings. The predicted molar refractivity (Wildman–Crippen MR) is 88.9 cm³/mol. The number of methoxy groups -OCH3 is 1. The topological polar surface area (TPSA) is 47.7 Å². The lowest BCUT2D eigenvalue weighted by Crippen LogP contribution is -2.35. The van der Waals surface area contributed by atoms with E-state index < -0.39 is 0 Å². The van der Waals surface area contributed by atoms with Gasteiger partial charge in [-0.1, -0.05) is 24.3 Å². The molecule has 4 heteroatoms. The quantitative estimate of drug-likeness (QED) is 0.882. The first-order chi connectivity index (χ1) is 10.8. The maximum atomic E-state index is 5.81. The Bertz CT molecular complexity index is 619. The van der Waals surface area contributed by atoms with Crippen molar-refractivity contribution < 1.29 is 9.47 Å². The van der Waals surface area contributed by atoms with Crippen molar-refractivity contribution in [2.75, 3.05) is 39.1 Å². The second-order valence-electron chi connectivity index (χ2n) is 5.55. The highest BCUT2D eigenvalue weighted by molar-refractivity contribution is 5.73. The van der Waals surface area contributed by atoms with Gasteiger partial charge in [-0.05, 0) is 23.3 Å². The van der Waals surface area contributed by atoms with E-state index in [9.17, 15) is 0 Å². The van der Waals surface area contributed by atoms with Crippen LogP contribution >= 0.6 is 0 Å². The van der Waals surface area contributed by atoms with E-state index in [0.29, 0.717) is 5.69 Å². The van der Waals surface area contributed by atoms with E-state index in [1.165, 1.54) is 5.56 Å². The van der Waals surface area contributed by atoms with Crippen LogP contribution < -0.4 is 10.5 Å². The minimum atomic E-state index is 0.713. The summed E-state index contributed by atoms with van der Waals surface area (Å²) in [7, 11) is 1.67. The molecule has 1 saturated heterocycles. The molecule has 0 aromatic heterocycles. The van der Waals surface area contributed by atoms with E-state index in [0.717, 1.165) is 49.7 Å². The number of hydrogen-bond acceptors (Lipinski definition) is 4. The lowest BCUT2D eigenvalue weighted by molar-refractivity contribution is 0.0342. The third-order valence-corrected chi connectivity index (χ3v) is 4.00. The molecule has 116 valence electrons. The van der Waals surface area contributed by atoms with Gasteiger partial charge in [-0.25, -0.2) is 0 Å². The summed E-state index contributed by atoms with van der Waals surface area (Å²) in [4.78, 5) is 2.42. The van der Waals surface area contributed by atoms with Crippen molar-refractivity contribution in [2.45, 2.75) is 6.54 Å². The molecule has 0 unspecified atom stereocenters. The summed E-state index contributed by atoms with van der Waals surface area (Å²) in [6, 6.07) is 14.4. The minimum Gasteiger partial charge on any atom is -0.496 e. The molecule has 2 aromatic rings. The van der Waals surface area contributed by atoms with Gasteiger partial charge in [-0.2, -0.15) is 0 Å². The molecule has 22 heavy (non-hydrogen) atoms. The molecule has 0 amide bonds. The van der Waals surface area contributed by atoms with Crippen LogP contribution in [-0.4, -0.2) is 38.3 Å². The zero-order valence-corrected chi connectivity index (χ0v) is 12.9. The lowest BCUT2D eigenvalue weighted by Gasteiger charge is -2.26. The second kappa shape index (κ2) is 6.81. The van der Waals surface area contributed by atoms with E-state index in [4.69, 9.17) is 15.2 Å². The highest BCUT2D eigenvalue weighted by Gasteiger charge is 2.11. The molecule has 0 radical (unpaired) electrons. The number of rotatable bonds is 4. The minimum absolute atomic E-state index is 0.713. The molecule has 1 aliphatic rings. The third-order valence-electron chi connectivity index (χ3n) is 4.00. The number of hydrogen-bond donors (Lipinski definition) is 1. The molecule has 0 atom stereocenters. The molecule has 2 N–H and O–H groups in total. The van der Waals surface area contributed by atoms with Gasteiger partial charge in [-0.15, -0.1) is 0 Å². The van der Waals surface area contributed by atoms with E-state index in [1.807, 2.05) is 18.2 Å². The van der Waals surface area contributed by atoms with Crippen LogP contribution in [0.5, 0.6) is 5.75 Å². The number of benzene rings is 2. The summed E-state index contributed by atoms with van der Waals surface area (Å²) in [5.41, 5.74) is 10.1. The SMILES string of the molecule is COc1cc(N)ccc1-c1ccc(CN2CCOCC2)cc1. The highest BCUT2D eigenvalue weighted by Crippen LogP contribution is 2.31. The van der Waals surface area contributed by atoms with E-state index in [2.05, 4.69) is 29.2 Å². The highest BCUT2D eigenvalue weighted by atomic mass is 16.5. The van der Waals surface area contributed by atoms with Crippen LogP contribution in [-0.2, 0) is 11.3 Å². The number of morpholine rings is 1. The van der Waals surface area contributed by atoms with Crippen LogP contribution in [0, 0.1) is 0 Å². The van der Waals surface area contributed by atoms with Gasteiger partial charge >= 0.3 is 0 Å². The van der Waals surface area contributed by atoms with Crippen LogP contribution in [0.15, 0.2) is 42.5 Å². The van der Waals surface area contributed by atoms with Crippen molar-refractivity contribution in [1.29, 1.82) is 0 Å². The Balaban J connectivity index is 1.76. The molecule has 2 aromatic carbocycles. The number of anilines is 1. The third kappa shape index (κ3) is 3.40. The molecule has 4 nitrogen and oxygen atoms in total. The second-order valence-corrected chi connectivity index (χ2v) is 5.55. The van der Waals surface area contributed by atoms with Crippen LogP contribution in [0.4, 0.5) is 5.69 Å². The Morgan fingerprint density at radius 1 is 1.09 bits per heavy atom. The largest absolute Gasteiger partial charge is 0.496 e. The average molecular weight is 298 g/mol. The molecular weight excluding hydrogens is 276 g/mol. The Hall–Kier alpha value is -2.04. The Kier molecular flexibility index (Phi) is 4.61. The fraction of sp³-hybridized carbons (Fsp3) is 0.333. The van der Waals surface area contributed by atoms with Crippen molar-refractivity contribution in [3.63, 3.8) is 0 Å². The number of nitrogens with two attached hydrogens (primary N) is 1. The van der Waals surface area contributed by atoms with Gasteiger partial charge in [0.15, 0.2) is 0 Å². The predicted octanol–water partition coefficient (Wildman–Crippen LogP) is 2.78. The summed E-state index contributed by atoms with van der Waals surface area (Å²) < 4.78 is 10.8. The molecule has 0 saturated carbocycles. The maximum Gasteiger partial charge on any atom is 0.128 e. The summed E-state index contributed by atoms with van der Waals surface area (Å²) in [5.74, 6) is 0.806. The van der Waals surface area contributed by atoms with E-state index in [1.54, 1.807) is 7.11 Å². The van der Waals surface area contributed by atoms with Crippen LogP contribution in [0.3, 0.4) is 0 Å². The molecule has 0 spiro atoms. The first-order valence-electron chi connectivity index (χ1n) is 7.59. The Morgan fingerprint density at radius 2 is 1.82 bits per heavy atom. The van der Waals surface area contributed by atoms with E-state index >= 15 is 0 Å². The Labute approximate surface area is 131 Å². The van der Waals surface area contributed by atoms with Gasteiger partial charge in [0.2, 0.25) is 0 Å². The first kappa shape index (κ1) is 14.9. The van der Waals surface area contributed by atoms with Crippen molar-refractivity contribution in [3.8, 4) is 16.9 Å². The molecule has 1 aliphatic heterocycles. The summed E-state index contributed by atoms with van der Waals surface area (Å²) in [6.45, 7) is 4.66. The van der Waals surface area contributed by atoms with Gasteiger partial charge in [0.25, 0.3) is 0 Å². The molecular formula is C18H22N2O2. The van der Waals surface area contributed by atoms with Crippen molar-refractivity contribution in [1.82, 2.24) is 4.90 Å². The standard InChI is InChI=1S/C18H22N2O2/c1-21-18-12-16(19)6-7-17(18)15-4-2-14(3-5-15)13-20-8-10-22-11-9-20/h2-7,12H,8-11,13,19H2,1H3. The fourth-order valence-electron chi connectivity index (χ4n) is 2.75. The van der Waals surface area contributed by atoms with E-state index in [-0.39, 0.29) is 0 Å². The lowest BCUT2D eigenvalue weighted by atomic mass is 10.0. The van der Waals surface area contributed by atoms with Crippen LogP contribution in [0.25, 0.3) is 11.1 Å². The van der Waals surface area contributed by atoms with Gasteiger partial charge in [0, 0.05) is 37.0 Å². The van der Waals surface area contributed by atoms with Gasteiger partial charge < -0.3 is 15.2 Å². The fourth-order valence-corrected chi connectivity index (χ4v) is 2.75. The number of ether oxygens (including phenoxy) is 2. The summed E-state index contributed by atoms with van der Waals surface area (Å²) in [6.07, 6.45) is 0. The maximum absolute atomic E-state index is 5.81. The Morgan fingerprint density at radius 3 is 2.50 bits per heavy atom. The molecule has 0 bridgehead atoms. The smallest absolute Gasteiger partial charge is 0.128 e. The average Bonchev–Trinajstić information content (AvgIpc) is 2.56. The van der Waals surface area contributed by atoms with Crippen molar-refractivity contribution in [2.24, 2.45) is 0 Å². The van der Waals surface area contributed by atoms with Gasteiger partial charge in [0.1, 0.15) is 5.75 Å². The van der Waals surface area contributed by atoms with Gasteiger partial charge in [-0.3, -0.25) is 4.90 Å². The zero-order valence-electron chi connectivity index (χ0n) is 12.9. The van der Waals surface area contributed by atoms with Crippen molar-refractivity contribution in [3.05, 3.63) is 48.0 Å². The molecule has 1 heterocycles. The molecule has 0 aliphatic carbocycles. The summed E-state index contributed by atoms with van der Waals surface area (Å²) >= 11 is 0. The number of nitrogen functional groups attached to an aromatic ring is 1. The summed E-state index contributed by atoms with van der Waals surface area (Å²) in [5, 5.41) is 0. The van der Waals surface area contributed by atoms with Crippen molar-refractivity contribution >= 4 is 5.69 Å². The van der Waals surface area contributed by atoms with Crippen LogP contribution in [0.1, 0.15) is 5.56 Å². The zero-order chi connectivity index (χ0) is 15.4. The molecule has 3 rings (SSSR count). The van der Waals surface area contributed by atoms with Crippen LogP contribution in [0.2, 0.25) is 0 Å². The number of nitrogens with zero attached hydrogens (tertiary/aromatic N) is 1.